The maximum absolute atomic E-state index is 12.1. The number of aromatic nitrogens is 1. The number of nitro benzene ring substituents is 1. The Morgan fingerprint density at radius 2 is 2.16 bits per heavy atom. The zero-order chi connectivity index (χ0) is 14.0. The standard InChI is InChI=1S/C14H16N2O3/c1-9(2)3-6-14(17)12-8-15-13-7-10(16(18)19)4-5-11(12)13/h4-5,7-9,15H,3,6H2,1-2H3. The molecule has 0 unspecified atom stereocenters. The van der Waals surface area contributed by atoms with Crippen molar-refractivity contribution in [3.05, 3.63) is 40.1 Å². The molecule has 1 aromatic heterocycles. The average molecular weight is 260 g/mol. The normalized spacial score (nSPS) is 11.1. The fourth-order valence-corrected chi connectivity index (χ4v) is 2.01. The molecule has 0 saturated heterocycles. The molecule has 1 aromatic carbocycles. The lowest BCUT2D eigenvalue weighted by Gasteiger charge is -2.02. The van der Waals surface area contributed by atoms with Crippen LogP contribution >= 0.6 is 0 Å². The predicted octanol–water partition coefficient (Wildman–Crippen LogP) is 3.70. The van der Waals surface area contributed by atoms with Gasteiger partial charge in [0.1, 0.15) is 0 Å². The summed E-state index contributed by atoms with van der Waals surface area (Å²) in [6.45, 7) is 4.15. The van der Waals surface area contributed by atoms with Gasteiger partial charge in [0.05, 0.1) is 10.4 Å². The lowest BCUT2D eigenvalue weighted by molar-refractivity contribution is -0.384. The van der Waals surface area contributed by atoms with Crippen LogP contribution in [-0.2, 0) is 0 Å². The third-order valence-corrected chi connectivity index (χ3v) is 3.13. The molecule has 0 spiro atoms. The second-order valence-corrected chi connectivity index (χ2v) is 5.05. The van der Waals surface area contributed by atoms with Gasteiger partial charge in [-0.1, -0.05) is 13.8 Å². The number of fused-ring (bicyclic) bond motifs is 1. The van der Waals surface area contributed by atoms with Gasteiger partial charge < -0.3 is 4.98 Å². The molecule has 5 heteroatoms. The van der Waals surface area contributed by atoms with Crippen molar-refractivity contribution >= 4 is 22.4 Å². The number of hydrogen-bond donors (Lipinski definition) is 1. The van der Waals surface area contributed by atoms with E-state index in [1.807, 2.05) is 0 Å². The summed E-state index contributed by atoms with van der Waals surface area (Å²) < 4.78 is 0. The van der Waals surface area contributed by atoms with Gasteiger partial charge in [-0.25, -0.2) is 0 Å². The second-order valence-electron chi connectivity index (χ2n) is 5.05. The Hall–Kier alpha value is -2.17. The molecule has 0 radical (unpaired) electrons. The average Bonchev–Trinajstić information content (AvgIpc) is 2.78. The SMILES string of the molecule is CC(C)CCC(=O)c1c[nH]c2cc([N+](=O)[O-])ccc12. The summed E-state index contributed by atoms with van der Waals surface area (Å²) in [5.74, 6) is 0.559. The highest BCUT2D eigenvalue weighted by Gasteiger charge is 2.14. The number of nitrogens with zero attached hydrogens (tertiary/aromatic N) is 1. The minimum absolute atomic E-state index is 0.0236. The first-order valence-electron chi connectivity index (χ1n) is 6.27. The molecular weight excluding hydrogens is 244 g/mol. The zero-order valence-corrected chi connectivity index (χ0v) is 11.0. The zero-order valence-electron chi connectivity index (χ0n) is 11.0. The third kappa shape index (κ3) is 2.81. The molecule has 2 aromatic rings. The molecule has 0 fully saturated rings. The van der Waals surface area contributed by atoms with E-state index in [1.54, 1.807) is 12.3 Å². The summed E-state index contributed by atoms with van der Waals surface area (Å²) in [5.41, 5.74) is 1.27. The molecule has 5 nitrogen and oxygen atoms in total. The Kier molecular flexibility index (Phi) is 3.64. The van der Waals surface area contributed by atoms with Crippen LogP contribution in [0.5, 0.6) is 0 Å². The van der Waals surface area contributed by atoms with Crippen LogP contribution in [-0.4, -0.2) is 15.7 Å². The van der Waals surface area contributed by atoms with Crippen LogP contribution in [0.3, 0.4) is 0 Å². The number of nitrogens with one attached hydrogen (secondary N) is 1. The van der Waals surface area contributed by atoms with Gasteiger partial charge in [0.2, 0.25) is 0 Å². The largest absolute Gasteiger partial charge is 0.360 e. The van der Waals surface area contributed by atoms with E-state index in [0.717, 1.165) is 11.8 Å². The summed E-state index contributed by atoms with van der Waals surface area (Å²) in [5, 5.41) is 11.4. The third-order valence-electron chi connectivity index (χ3n) is 3.13. The van der Waals surface area contributed by atoms with Gasteiger partial charge in [0.25, 0.3) is 5.69 Å². The maximum atomic E-state index is 12.1. The molecule has 0 aliphatic rings. The van der Waals surface area contributed by atoms with Gasteiger partial charge >= 0.3 is 0 Å². The molecule has 0 aliphatic heterocycles. The van der Waals surface area contributed by atoms with Crippen molar-refractivity contribution in [1.82, 2.24) is 4.98 Å². The summed E-state index contributed by atoms with van der Waals surface area (Å²) in [6.07, 6.45) is 2.98. The molecule has 0 atom stereocenters. The van der Waals surface area contributed by atoms with E-state index < -0.39 is 4.92 Å². The van der Waals surface area contributed by atoms with E-state index in [1.165, 1.54) is 12.1 Å². The number of ketones is 1. The highest BCUT2D eigenvalue weighted by Crippen LogP contribution is 2.24. The number of H-pyrrole nitrogens is 1. The smallest absolute Gasteiger partial charge is 0.271 e. The van der Waals surface area contributed by atoms with Crippen LogP contribution in [0, 0.1) is 16.0 Å². The number of nitro groups is 1. The van der Waals surface area contributed by atoms with E-state index >= 15 is 0 Å². The molecule has 2 rings (SSSR count). The monoisotopic (exact) mass is 260 g/mol. The van der Waals surface area contributed by atoms with Crippen LogP contribution in [0.2, 0.25) is 0 Å². The fraction of sp³-hybridized carbons (Fsp3) is 0.357. The molecule has 0 bridgehead atoms. The van der Waals surface area contributed by atoms with Crippen molar-refractivity contribution in [1.29, 1.82) is 0 Å². The summed E-state index contributed by atoms with van der Waals surface area (Å²) in [6, 6.07) is 4.51. The predicted molar refractivity (Wildman–Crippen MR) is 73.4 cm³/mol. The van der Waals surface area contributed by atoms with Gasteiger partial charge in [-0.15, -0.1) is 0 Å². The number of carbonyl (C=O) groups is 1. The van der Waals surface area contributed by atoms with E-state index in [2.05, 4.69) is 18.8 Å². The van der Waals surface area contributed by atoms with E-state index in [-0.39, 0.29) is 11.5 Å². The number of hydrogen-bond acceptors (Lipinski definition) is 3. The van der Waals surface area contributed by atoms with E-state index in [9.17, 15) is 14.9 Å². The van der Waals surface area contributed by atoms with Gasteiger partial charge in [-0.3, -0.25) is 14.9 Å². The Labute approximate surface area is 110 Å². The van der Waals surface area contributed by atoms with Crippen LogP contribution < -0.4 is 0 Å². The van der Waals surface area contributed by atoms with E-state index in [4.69, 9.17) is 0 Å². The van der Waals surface area contributed by atoms with Gasteiger partial charge in [0, 0.05) is 35.7 Å². The molecule has 1 heterocycles. The lowest BCUT2D eigenvalue weighted by Crippen LogP contribution is -2.00. The van der Waals surface area contributed by atoms with Crippen molar-refractivity contribution in [2.45, 2.75) is 26.7 Å². The van der Waals surface area contributed by atoms with Crippen molar-refractivity contribution in [2.24, 2.45) is 5.92 Å². The van der Waals surface area contributed by atoms with Crippen LogP contribution in [0.1, 0.15) is 37.0 Å². The number of benzene rings is 1. The van der Waals surface area contributed by atoms with Crippen molar-refractivity contribution in [3.8, 4) is 0 Å². The highest BCUT2D eigenvalue weighted by atomic mass is 16.6. The molecule has 100 valence electrons. The second kappa shape index (κ2) is 5.22. The molecule has 0 amide bonds. The highest BCUT2D eigenvalue weighted by molar-refractivity contribution is 6.08. The number of aromatic amines is 1. The fourth-order valence-electron chi connectivity index (χ4n) is 2.01. The number of non-ortho nitro benzene ring substituents is 1. The van der Waals surface area contributed by atoms with Gasteiger partial charge in [-0.2, -0.15) is 0 Å². The van der Waals surface area contributed by atoms with Crippen molar-refractivity contribution in [3.63, 3.8) is 0 Å². The Bertz CT molecular complexity index is 629. The first-order chi connectivity index (χ1) is 8.99. The number of rotatable bonds is 5. The summed E-state index contributed by atoms with van der Waals surface area (Å²) in [7, 11) is 0. The van der Waals surface area contributed by atoms with Gasteiger partial charge in [0.15, 0.2) is 5.78 Å². The first-order valence-corrected chi connectivity index (χ1v) is 6.27. The minimum Gasteiger partial charge on any atom is -0.360 e. The number of Topliss-reactive ketones (excluding diaryl/α,β-unsaturated/α-hetero) is 1. The van der Waals surface area contributed by atoms with Crippen LogP contribution in [0.15, 0.2) is 24.4 Å². The summed E-state index contributed by atoms with van der Waals surface area (Å²) >= 11 is 0. The first kappa shape index (κ1) is 13.3. The Balaban J connectivity index is 2.30. The minimum atomic E-state index is -0.444. The molecule has 0 aliphatic carbocycles. The molecule has 0 saturated carbocycles. The van der Waals surface area contributed by atoms with E-state index in [0.29, 0.717) is 23.4 Å². The summed E-state index contributed by atoms with van der Waals surface area (Å²) in [4.78, 5) is 25.3. The van der Waals surface area contributed by atoms with Crippen molar-refractivity contribution in [2.75, 3.05) is 0 Å². The molecule has 19 heavy (non-hydrogen) atoms. The van der Waals surface area contributed by atoms with Gasteiger partial charge in [-0.05, 0) is 18.4 Å². The number of carbonyl (C=O) groups excluding carboxylic acids is 1. The van der Waals surface area contributed by atoms with Crippen LogP contribution in [0.4, 0.5) is 5.69 Å². The molecule has 1 N–H and O–H groups in total. The quantitative estimate of drug-likeness (QED) is 0.506. The van der Waals surface area contributed by atoms with Crippen LogP contribution in [0.25, 0.3) is 10.9 Å². The Morgan fingerprint density at radius 1 is 1.42 bits per heavy atom. The Morgan fingerprint density at radius 3 is 2.79 bits per heavy atom. The molecular formula is C14H16N2O3. The maximum Gasteiger partial charge on any atom is 0.271 e. The van der Waals surface area contributed by atoms with Crippen molar-refractivity contribution < 1.29 is 9.72 Å². The lowest BCUT2D eigenvalue weighted by atomic mass is 10.0. The topological polar surface area (TPSA) is 76.0 Å².